The molecule has 0 aliphatic heterocycles. The van der Waals surface area contributed by atoms with Crippen LogP contribution < -0.4 is 0 Å². The van der Waals surface area contributed by atoms with Crippen LogP contribution in [-0.4, -0.2) is 26.3 Å². The summed E-state index contributed by atoms with van der Waals surface area (Å²) in [5.41, 5.74) is 4.20. The molecule has 6 heteroatoms. The van der Waals surface area contributed by atoms with E-state index < -0.39 is 0 Å². The average Bonchev–Trinajstić information content (AvgIpc) is 3.38. The van der Waals surface area contributed by atoms with Crippen molar-refractivity contribution in [2.24, 2.45) is 0 Å². The van der Waals surface area contributed by atoms with Gasteiger partial charge < -0.3 is 8.98 Å². The van der Waals surface area contributed by atoms with Crippen molar-refractivity contribution in [1.82, 2.24) is 14.8 Å². The molecule has 0 aliphatic carbocycles. The molecule has 0 N–H and O–H groups in total. The van der Waals surface area contributed by atoms with Crippen molar-refractivity contribution >= 4 is 17.5 Å². The monoisotopic (exact) mass is 417 g/mol. The number of aryl methyl sites for hydroxylation is 1. The number of ketones is 1. The van der Waals surface area contributed by atoms with Crippen molar-refractivity contribution in [2.45, 2.75) is 32.0 Å². The lowest BCUT2D eigenvalue weighted by molar-refractivity contribution is -0.116. The van der Waals surface area contributed by atoms with Crippen molar-refractivity contribution in [3.8, 4) is 22.5 Å². The van der Waals surface area contributed by atoms with Crippen LogP contribution in [0, 0.1) is 6.92 Å². The molecule has 5 nitrogen and oxygen atoms in total. The van der Waals surface area contributed by atoms with Crippen molar-refractivity contribution in [1.29, 1.82) is 0 Å². The quantitative estimate of drug-likeness (QED) is 0.357. The number of hydrogen-bond acceptors (Lipinski definition) is 5. The van der Waals surface area contributed by atoms with E-state index in [2.05, 4.69) is 28.4 Å². The van der Waals surface area contributed by atoms with Gasteiger partial charge in [-0.3, -0.25) is 4.79 Å². The summed E-state index contributed by atoms with van der Waals surface area (Å²) >= 11 is 1.43. The van der Waals surface area contributed by atoms with Crippen molar-refractivity contribution in [3.63, 3.8) is 0 Å². The van der Waals surface area contributed by atoms with Gasteiger partial charge in [-0.25, -0.2) is 0 Å². The van der Waals surface area contributed by atoms with E-state index in [1.54, 1.807) is 6.26 Å². The molecule has 2 aromatic heterocycles. The second-order valence-corrected chi connectivity index (χ2v) is 7.91. The maximum atomic E-state index is 12.8. The molecule has 0 bridgehead atoms. The number of carbonyl (C=O) groups is 1. The molecular formula is C24H23N3O2S. The number of nitrogens with zero attached hydrogens (tertiary/aromatic N) is 3. The third-order valence-electron chi connectivity index (χ3n) is 4.98. The zero-order valence-electron chi connectivity index (χ0n) is 17.0. The summed E-state index contributed by atoms with van der Waals surface area (Å²) < 4.78 is 7.42. The molecule has 0 unspecified atom stereocenters. The van der Waals surface area contributed by atoms with E-state index in [9.17, 15) is 4.79 Å². The molecule has 0 fully saturated rings. The first kappa shape index (κ1) is 20.2. The van der Waals surface area contributed by atoms with Crippen molar-refractivity contribution < 1.29 is 9.21 Å². The molecule has 152 valence electrons. The maximum Gasteiger partial charge on any atom is 0.191 e. The summed E-state index contributed by atoms with van der Waals surface area (Å²) in [6, 6.07) is 20.1. The third-order valence-corrected chi connectivity index (χ3v) is 6.01. The Morgan fingerprint density at radius 2 is 1.77 bits per heavy atom. The molecule has 0 radical (unpaired) electrons. The summed E-state index contributed by atoms with van der Waals surface area (Å²) in [4.78, 5) is 12.8. The Balaban J connectivity index is 1.47. The third kappa shape index (κ3) is 4.24. The lowest BCUT2D eigenvalue weighted by Crippen LogP contribution is -2.08. The highest BCUT2D eigenvalue weighted by Crippen LogP contribution is 2.28. The van der Waals surface area contributed by atoms with Crippen LogP contribution in [0.5, 0.6) is 0 Å². The zero-order valence-corrected chi connectivity index (χ0v) is 17.9. The Bertz CT molecular complexity index is 1150. The smallest absolute Gasteiger partial charge is 0.191 e. The molecule has 2 heterocycles. The predicted molar refractivity (Wildman–Crippen MR) is 119 cm³/mol. The molecule has 30 heavy (non-hydrogen) atoms. The van der Waals surface area contributed by atoms with Gasteiger partial charge in [-0.05, 0) is 36.6 Å². The number of benzene rings is 2. The summed E-state index contributed by atoms with van der Waals surface area (Å²) in [7, 11) is 0. The van der Waals surface area contributed by atoms with Crippen LogP contribution in [0.3, 0.4) is 0 Å². The average molecular weight is 418 g/mol. The fourth-order valence-electron chi connectivity index (χ4n) is 3.48. The Labute approximate surface area is 180 Å². The normalized spacial score (nSPS) is 11.0. The van der Waals surface area contributed by atoms with Gasteiger partial charge in [0.1, 0.15) is 11.5 Å². The van der Waals surface area contributed by atoms with E-state index in [1.165, 1.54) is 11.8 Å². The van der Waals surface area contributed by atoms with E-state index in [0.29, 0.717) is 12.2 Å². The SMILES string of the molecule is CCn1c(SCC(=O)Cc2ccccc2-c2ccccc2)nnc1-c1ccoc1C. The Kier molecular flexibility index (Phi) is 6.14. The van der Waals surface area contributed by atoms with E-state index >= 15 is 0 Å². The molecule has 0 spiro atoms. The van der Waals surface area contributed by atoms with Gasteiger partial charge in [0.05, 0.1) is 17.6 Å². The van der Waals surface area contributed by atoms with Gasteiger partial charge in [-0.1, -0.05) is 66.4 Å². The molecule has 0 saturated heterocycles. The number of carbonyl (C=O) groups excluding carboxylic acids is 1. The second kappa shape index (κ2) is 9.13. The Morgan fingerprint density at radius 3 is 2.50 bits per heavy atom. The van der Waals surface area contributed by atoms with Crippen molar-refractivity contribution in [3.05, 3.63) is 78.3 Å². The minimum Gasteiger partial charge on any atom is -0.469 e. The molecule has 0 aliphatic rings. The first-order chi connectivity index (χ1) is 14.7. The van der Waals surface area contributed by atoms with E-state index in [1.807, 2.05) is 60.9 Å². The second-order valence-electron chi connectivity index (χ2n) is 6.97. The van der Waals surface area contributed by atoms with Crippen molar-refractivity contribution in [2.75, 3.05) is 5.75 Å². The van der Waals surface area contributed by atoms with Gasteiger partial charge >= 0.3 is 0 Å². The summed E-state index contributed by atoms with van der Waals surface area (Å²) in [6.07, 6.45) is 2.05. The fraction of sp³-hybridized carbons (Fsp3) is 0.208. The number of furan rings is 1. The van der Waals surface area contributed by atoms with Gasteiger partial charge in [0.2, 0.25) is 0 Å². The van der Waals surface area contributed by atoms with E-state index in [4.69, 9.17) is 4.42 Å². The van der Waals surface area contributed by atoms with Gasteiger partial charge in [0.15, 0.2) is 11.0 Å². The maximum absolute atomic E-state index is 12.8. The molecule has 0 atom stereocenters. The molecule has 4 aromatic rings. The summed E-state index contributed by atoms with van der Waals surface area (Å²) in [5, 5.41) is 9.39. The fourth-order valence-corrected chi connectivity index (χ4v) is 4.34. The Hall–Kier alpha value is -3.12. The largest absolute Gasteiger partial charge is 0.469 e. The number of Topliss-reactive ketones (excluding diaryl/α,β-unsaturated/α-hetero) is 1. The van der Waals surface area contributed by atoms with Gasteiger partial charge in [-0.2, -0.15) is 0 Å². The molecule has 0 amide bonds. The molecule has 0 saturated carbocycles. The Morgan fingerprint density at radius 1 is 1.00 bits per heavy atom. The highest BCUT2D eigenvalue weighted by molar-refractivity contribution is 7.99. The van der Waals surface area contributed by atoms with Crippen LogP contribution in [-0.2, 0) is 17.8 Å². The molecule has 4 rings (SSSR count). The highest BCUT2D eigenvalue weighted by atomic mass is 32.2. The van der Waals surface area contributed by atoms with E-state index in [0.717, 1.165) is 45.5 Å². The first-order valence-electron chi connectivity index (χ1n) is 9.93. The van der Waals surface area contributed by atoms with Gasteiger partial charge in [0, 0.05) is 13.0 Å². The van der Waals surface area contributed by atoms with Gasteiger partial charge in [-0.15, -0.1) is 10.2 Å². The lowest BCUT2D eigenvalue weighted by atomic mass is 9.97. The van der Waals surface area contributed by atoms with Crippen LogP contribution in [0.25, 0.3) is 22.5 Å². The lowest BCUT2D eigenvalue weighted by Gasteiger charge is -2.10. The highest BCUT2D eigenvalue weighted by Gasteiger charge is 2.18. The topological polar surface area (TPSA) is 60.9 Å². The molecular weight excluding hydrogens is 394 g/mol. The van der Waals surface area contributed by atoms with Crippen LogP contribution in [0.2, 0.25) is 0 Å². The minimum atomic E-state index is 0.162. The van der Waals surface area contributed by atoms with Crippen LogP contribution in [0.15, 0.2) is 76.5 Å². The van der Waals surface area contributed by atoms with Crippen LogP contribution in [0.4, 0.5) is 0 Å². The van der Waals surface area contributed by atoms with Crippen LogP contribution in [0.1, 0.15) is 18.2 Å². The van der Waals surface area contributed by atoms with Gasteiger partial charge in [0.25, 0.3) is 0 Å². The predicted octanol–water partition coefficient (Wildman–Crippen LogP) is 5.44. The zero-order chi connectivity index (χ0) is 20.9. The number of rotatable bonds is 8. The number of hydrogen-bond donors (Lipinski definition) is 0. The summed E-state index contributed by atoms with van der Waals surface area (Å²) in [6.45, 7) is 4.68. The molecule has 2 aromatic carbocycles. The van der Waals surface area contributed by atoms with Crippen LogP contribution >= 0.6 is 11.8 Å². The minimum absolute atomic E-state index is 0.162. The number of thioether (sulfide) groups is 1. The van der Waals surface area contributed by atoms with E-state index in [-0.39, 0.29) is 5.78 Å². The summed E-state index contributed by atoms with van der Waals surface area (Å²) in [5.74, 6) is 2.09. The standard InChI is InChI=1S/C24H23N3O2S/c1-3-27-23(21-13-14-29-17(21)2)25-26-24(27)30-16-20(28)15-19-11-7-8-12-22(19)18-9-5-4-6-10-18/h4-14H,3,15-16H2,1-2H3. The number of aromatic nitrogens is 3. The first-order valence-corrected chi connectivity index (χ1v) is 10.9.